The van der Waals surface area contributed by atoms with Gasteiger partial charge in [0.1, 0.15) is 5.75 Å². The van der Waals surface area contributed by atoms with Crippen LogP contribution in [0, 0.1) is 0 Å². The van der Waals surface area contributed by atoms with Gasteiger partial charge in [0.15, 0.2) is 5.78 Å². The van der Waals surface area contributed by atoms with Crippen LogP contribution in [0.3, 0.4) is 0 Å². The Balaban J connectivity index is 2.85. The van der Waals surface area contributed by atoms with Gasteiger partial charge in [-0.05, 0) is 24.3 Å². The number of nitrogens with two attached hydrogens (primary N) is 1. The highest BCUT2D eigenvalue weighted by Crippen LogP contribution is 2.13. The van der Waals surface area contributed by atoms with Crippen LogP contribution in [-0.2, 0) is 0 Å². The van der Waals surface area contributed by atoms with Crippen molar-refractivity contribution in [2.24, 2.45) is 5.73 Å². The van der Waals surface area contributed by atoms with Gasteiger partial charge >= 0.3 is 0 Å². The standard InChI is InChI=1S/C11H11F2NO2/c1-16-8-4-2-7(3-5-8)10(15)6-9(14)11(12)13/h2-6,11H,14H2,1H3/b9-6-. The number of benzene rings is 1. The molecule has 0 bridgehead atoms. The Morgan fingerprint density at radius 1 is 1.38 bits per heavy atom. The van der Waals surface area contributed by atoms with Crippen molar-refractivity contribution in [1.82, 2.24) is 0 Å². The molecule has 3 nitrogen and oxygen atoms in total. The Bertz CT molecular complexity index is 399. The lowest BCUT2D eigenvalue weighted by atomic mass is 10.1. The molecule has 0 saturated heterocycles. The fourth-order valence-electron chi connectivity index (χ4n) is 1.05. The number of carbonyl (C=O) groups excluding carboxylic acids is 1. The maximum atomic E-state index is 12.1. The molecular formula is C11H11F2NO2. The zero-order valence-electron chi connectivity index (χ0n) is 8.61. The molecule has 0 fully saturated rings. The largest absolute Gasteiger partial charge is 0.497 e. The first-order chi connectivity index (χ1) is 7.54. The molecule has 0 aliphatic rings. The second-order valence-corrected chi connectivity index (χ2v) is 3.04. The van der Waals surface area contributed by atoms with E-state index in [9.17, 15) is 13.6 Å². The predicted molar refractivity (Wildman–Crippen MR) is 55.6 cm³/mol. The summed E-state index contributed by atoms with van der Waals surface area (Å²) < 4.78 is 29.0. The summed E-state index contributed by atoms with van der Waals surface area (Å²) in [5.41, 5.74) is 4.52. The minimum atomic E-state index is -2.82. The number of allylic oxidation sites excluding steroid dienone is 2. The molecule has 0 spiro atoms. The van der Waals surface area contributed by atoms with Gasteiger partial charge in [-0.15, -0.1) is 0 Å². The maximum Gasteiger partial charge on any atom is 0.277 e. The third-order valence-electron chi connectivity index (χ3n) is 1.92. The Kier molecular flexibility index (Phi) is 3.99. The van der Waals surface area contributed by atoms with E-state index in [0.717, 1.165) is 6.08 Å². The normalized spacial score (nSPS) is 11.6. The van der Waals surface area contributed by atoms with Crippen molar-refractivity contribution in [2.45, 2.75) is 6.43 Å². The molecule has 0 amide bonds. The fourth-order valence-corrected chi connectivity index (χ4v) is 1.05. The van der Waals surface area contributed by atoms with Gasteiger partial charge in [0.05, 0.1) is 12.8 Å². The molecule has 5 heteroatoms. The van der Waals surface area contributed by atoms with E-state index >= 15 is 0 Å². The minimum absolute atomic E-state index is 0.282. The first kappa shape index (κ1) is 12.2. The SMILES string of the molecule is COc1ccc(C(=O)/C=C(\N)C(F)F)cc1. The molecule has 0 unspecified atom stereocenters. The topological polar surface area (TPSA) is 52.3 Å². The quantitative estimate of drug-likeness (QED) is 0.632. The van der Waals surface area contributed by atoms with E-state index < -0.39 is 17.9 Å². The lowest BCUT2D eigenvalue weighted by Gasteiger charge is -2.01. The van der Waals surface area contributed by atoms with E-state index in [1.54, 1.807) is 12.1 Å². The van der Waals surface area contributed by atoms with Crippen LogP contribution in [0.4, 0.5) is 8.78 Å². The van der Waals surface area contributed by atoms with Crippen molar-refractivity contribution in [3.8, 4) is 5.75 Å². The highest BCUT2D eigenvalue weighted by Gasteiger charge is 2.10. The molecule has 1 aromatic rings. The summed E-state index contributed by atoms with van der Waals surface area (Å²) in [6, 6.07) is 6.10. The number of rotatable bonds is 4. The summed E-state index contributed by atoms with van der Waals surface area (Å²) in [7, 11) is 1.49. The first-order valence-electron chi connectivity index (χ1n) is 4.48. The molecule has 1 rings (SSSR count). The van der Waals surface area contributed by atoms with Gasteiger partial charge < -0.3 is 10.5 Å². The first-order valence-corrected chi connectivity index (χ1v) is 4.48. The molecule has 0 saturated carbocycles. The van der Waals surface area contributed by atoms with E-state index in [2.05, 4.69) is 0 Å². The van der Waals surface area contributed by atoms with Crippen LogP contribution in [0.25, 0.3) is 0 Å². The maximum absolute atomic E-state index is 12.1. The van der Waals surface area contributed by atoms with Crippen LogP contribution in [-0.4, -0.2) is 19.3 Å². The number of ketones is 1. The molecule has 0 aliphatic heterocycles. The van der Waals surface area contributed by atoms with Crippen molar-refractivity contribution in [1.29, 1.82) is 0 Å². The van der Waals surface area contributed by atoms with Crippen molar-refractivity contribution in [3.63, 3.8) is 0 Å². The van der Waals surface area contributed by atoms with Crippen molar-refractivity contribution in [2.75, 3.05) is 7.11 Å². The van der Waals surface area contributed by atoms with E-state index in [-0.39, 0.29) is 5.56 Å². The van der Waals surface area contributed by atoms with Gasteiger partial charge in [-0.2, -0.15) is 0 Å². The summed E-state index contributed by atoms with van der Waals surface area (Å²) in [6.45, 7) is 0. The molecule has 0 heterocycles. The lowest BCUT2D eigenvalue weighted by molar-refractivity contribution is 0.104. The van der Waals surface area contributed by atoms with Crippen molar-refractivity contribution in [3.05, 3.63) is 41.6 Å². The van der Waals surface area contributed by atoms with Crippen LogP contribution in [0.15, 0.2) is 36.0 Å². The number of hydrogen-bond acceptors (Lipinski definition) is 3. The zero-order chi connectivity index (χ0) is 12.1. The van der Waals surface area contributed by atoms with Crippen molar-refractivity contribution >= 4 is 5.78 Å². The summed E-state index contributed by atoms with van der Waals surface area (Å²) in [6.07, 6.45) is -2.09. The van der Waals surface area contributed by atoms with E-state index in [1.807, 2.05) is 0 Å². The number of alkyl halides is 2. The van der Waals surface area contributed by atoms with E-state index in [0.29, 0.717) is 5.75 Å². The number of halogens is 2. The van der Waals surface area contributed by atoms with Gasteiger partial charge in [0.25, 0.3) is 6.43 Å². The molecule has 0 radical (unpaired) electrons. The molecule has 16 heavy (non-hydrogen) atoms. The fraction of sp³-hybridized carbons (Fsp3) is 0.182. The highest BCUT2D eigenvalue weighted by molar-refractivity contribution is 6.04. The Labute approximate surface area is 91.5 Å². The molecule has 1 aromatic carbocycles. The molecule has 86 valence electrons. The average Bonchev–Trinajstić information content (AvgIpc) is 2.28. The zero-order valence-corrected chi connectivity index (χ0v) is 8.61. The number of hydrogen-bond donors (Lipinski definition) is 1. The predicted octanol–water partition coefficient (Wildman–Crippen LogP) is 1.99. The van der Waals surface area contributed by atoms with Gasteiger partial charge in [0, 0.05) is 11.6 Å². The monoisotopic (exact) mass is 227 g/mol. The summed E-state index contributed by atoms with van der Waals surface area (Å²) >= 11 is 0. The molecular weight excluding hydrogens is 216 g/mol. The summed E-state index contributed by atoms with van der Waals surface area (Å²) in [4.78, 5) is 11.4. The second kappa shape index (κ2) is 5.25. The van der Waals surface area contributed by atoms with E-state index in [4.69, 9.17) is 10.5 Å². The van der Waals surface area contributed by atoms with Crippen LogP contribution >= 0.6 is 0 Å². The molecule has 0 atom stereocenters. The summed E-state index contributed by atoms with van der Waals surface area (Å²) in [5.74, 6) is 0.0304. The average molecular weight is 227 g/mol. The lowest BCUT2D eigenvalue weighted by Crippen LogP contribution is -2.10. The van der Waals surface area contributed by atoms with Gasteiger partial charge in [-0.25, -0.2) is 8.78 Å². The highest BCUT2D eigenvalue weighted by atomic mass is 19.3. The molecule has 0 aromatic heterocycles. The number of methoxy groups -OCH3 is 1. The number of carbonyl (C=O) groups is 1. The smallest absolute Gasteiger partial charge is 0.277 e. The Hall–Kier alpha value is -1.91. The minimum Gasteiger partial charge on any atom is -0.497 e. The van der Waals surface area contributed by atoms with Gasteiger partial charge in [-0.1, -0.05) is 0 Å². The van der Waals surface area contributed by atoms with Crippen LogP contribution in [0.5, 0.6) is 5.75 Å². The van der Waals surface area contributed by atoms with Crippen LogP contribution < -0.4 is 10.5 Å². The van der Waals surface area contributed by atoms with E-state index in [1.165, 1.54) is 19.2 Å². The molecule has 0 aliphatic carbocycles. The molecule has 2 N–H and O–H groups in total. The summed E-state index contributed by atoms with van der Waals surface area (Å²) in [5, 5.41) is 0. The third kappa shape index (κ3) is 3.05. The van der Waals surface area contributed by atoms with Crippen LogP contribution in [0.2, 0.25) is 0 Å². The second-order valence-electron chi connectivity index (χ2n) is 3.04. The van der Waals surface area contributed by atoms with Crippen LogP contribution in [0.1, 0.15) is 10.4 Å². The van der Waals surface area contributed by atoms with Gasteiger partial charge in [0.2, 0.25) is 0 Å². The Morgan fingerprint density at radius 3 is 2.38 bits per heavy atom. The Morgan fingerprint density at radius 2 is 1.94 bits per heavy atom. The third-order valence-corrected chi connectivity index (χ3v) is 1.92. The number of ether oxygens (including phenoxy) is 1. The van der Waals surface area contributed by atoms with Crippen molar-refractivity contribution < 1.29 is 18.3 Å². The van der Waals surface area contributed by atoms with Gasteiger partial charge in [-0.3, -0.25) is 4.79 Å².